The molecule has 3 N–H and O–H groups in total. The van der Waals surface area contributed by atoms with Gasteiger partial charge < -0.3 is 16.0 Å². The predicted octanol–water partition coefficient (Wildman–Crippen LogP) is 3.08. The van der Waals surface area contributed by atoms with Crippen molar-refractivity contribution in [1.29, 1.82) is 0 Å². The molecule has 0 radical (unpaired) electrons. The molecule has 2 aromatic carbocycles. The van der Waals surface area contributed by atoms with Crippen molar-refractivity contribution in [3.05, 3.63) is 65.2 Å². The lowest BCUT2D eigenvalue weighted by Gasteiger charge is -2.24. The number of amides is 2. The SMILES string of the molecule is CCN(CC(=O)Nc1c(C)cccc1C)C(=O)[C@@H](N)Cc1ccccc1.Cl. The van der Waals surface area contributed by atoms with Crippen LogP contribution in [0.1, 0.15) is 23.6 Å². The van der Waals surface area contributed by atoms with Gasteiger partial charge in [-0.25, -0.2) is 0 Å². The highest BCUT2D eigenvalue weighted by atomic mass is 35.5. The third-order valence-electron chi connectivity index (χ3n) is 4.39. The summed E-state index contributed by atoms with van der Waals surface area (Å²) in [7, 11) is 0. The summed E-state index contributed by atoms with van der Waals surface area (Å²) < 4.78 is 0. The van der Waals surface area contributed by atoms with E-state index in [9.17, 15) is 9.59 Å². The normalized spacial score (nSPS) is 11.3. The molecule has 0 unspecified atom stereocenters. The summed E-state index contributed by atoms with van der Waals surface area (Å²) in [4.78, 5) is 26.5. The Hall–Kier alpha value is -2.37. The number of para-hydroxylation sites is 1. The topological polar surface area (TPSA) is 75.4 Å². The molecule has 2 rings (SSSR count). The summed E-state index contributed by atoms with van der Waals surface area (Å²) in [5.41, 5.74) is 9.87. The van der Waals surface area contributed by atoms with Gasteiger partial charge in [0.05, 0.1) is 12.6 Å². The van der Waals surface area contributed by atoms with Crippen molar-refractivity contribution in [2.75, 3.05) is 18.4 Å². The molecular weight excluding hydrogens is 362 g/mol. The van der Waals surface area contributed by atoms with Crippen LogP contribution in [-0.4, -0.2) is 35.8 Å². The monoisotopic (exact) mass is 389 g/mol. The largest absolute Gasteiger partial charge is 0.332 e. The smallest absolute Gasteiger partial charge is 0.244 e. The van der Waals surface area contributed by atoms with Gasteiger partial charge in [-0.3, -0.25) is 9.59 Å². The number of anilines is 1. The number of nitrogens with zero attached hydrogens (tertiary/aromatic N) is 1. The van der Waals surface area contributed by atoms with Crippen LogP contribution in [0, 0.1) is 13.8 Å². The molecule has 27 heavy (non-hydrogen) atoms. The third-order valence-corrected chi connectivity index (χ3v) is 4.39. The fourth-order valence-corrected chi connectivity index (χ4v) is 2.90. The van der Waals surface area contributed by atoms with Gasteiger partial charge in [-0.15, -0.1) is 12.4 Å². The Kier molecular flexibility index (Phi) is 8.98. The molecule has 146 valence electrons. The number of carbonyl (C=O) groups excluding carboxylic acids is 2. The fraction of sp³-hybridized carbons (Fsp3) is 0.333. The lowest BCUT2D eigenvalue weighted by molar-refractivity contribution is -0.135. The number of hydrogen-bond donors (Lipinski definition) is 2. The summed E-state index contributed by atoms with van der Waals surface area (Å²) >= 11 is 0. The molecule has 0 aliphatic carbocycles. The number of carbonyl (C=O) groups is 2. The van der Waals surface area contributed by atoms with Gasteiger partial charge in [0, 0.05) is 12.2 Å². The van der Waals surface area contributed by atoms with Crippen molar-refractivity contribution in [3.8, 4) is 0 Å². The van der Waals surface area contributed by atoms with Crippen molar-refractivity contribution >= 4 is 29.9 Å². The summed E-state index contributed by atoms with van der Waals surface area (Å²) in [6.45, 7) is 6.16. The molecule has 6 heteroatoms. The van der Waals surface area contributed by atoms with Gasteiger partial charge in [-0.2, -0.15) is 0 Å². The quantitative estimate of drug-likeness (QED) is 0.764. The van der Waals surface area contributed by atoms with Crippen LogP contribution in [0.25, 0.3) is 0 Å². The Morgan fingerprint density at radius 1 is 1.04 bits per heavy atom. The zero-order chi connectivity index (χ0) is 19.1. The van der Waals surface area contributed by atoms with Crippen molar-refractivity contribution in [2.24, 2.45) is 5.73 Å². The summed E-state index contributed by atoms with van der Waals surface area (Å²) in [6, 6.07) is 14.8. The van der Waals surface area contributed by atoms with E-state index >= 15 is 0 Å². The Bertz CT molecular complexity index is 745. The molecule has 0 bridgehead atoms. The molecular formula is C21H28ClN3O2. The van der Waals surface area contributed by atoms with E-state index in [-0.39, 0.29) is 30.8 Å². The first-order chi connectivity index (χ1) is 12.4. The molecule has 0 heterocycles. The van der Waals surface area contributed by atoms with Gasteiger partial charge in [0.1, 0.15) is 0 Å². The first-order valence-electron chi connectivity index (χ1n) is 8.86. The first-order valence-corrected chi connectivity index (χ1v) is 8.86. The Balaban J connectivity index is 0.00000364. The Morgan fingerprint density at radius 3 is 2.19 bits per heavy atom. The minimum atomic E-state index is -0.662. The van der Waals surface area contributed by atoms with E-state index in [1.165, 1.54) is 4.90 Å². The van der Waals surface area contributed by atoms with Crippen LogP contribution in [0.2, 0.25) is 0 Å². The van der Waals surface area contributed by atoms with Crippen molar-refractivity contribution in [2.45, 2.75) is 33.2 Å². The number of nitrogens with two attached hydrogens (primary N) is 1. The molecule has 0 aliphatic heterocycles. The maximum atomic E-state index is 12.6. The predicted molar refractivity (Wildman–Crippen MR) is 112 cm³/mol. The zero-order valence-electron chi connectivity index (χ0n) is 16.1. The number of likely N-dealkylation sites (N-methyl/N-ethyl adjacent to an activating group) is 1. The average Bonchev–Trinajstić information content (AvgIpc) is 2.63. The van der Waals surface area contributed by atoms with E-state index in [0.717, 1.165) is 22.4 Å². The second-order valence-electron chi connectivity index (χ2n) is 6.46. The summed E-state index contributed by atoms with van der Waals surface area (Å²) in [6.07, 6.45) is 0.453. The summed E-state index contributed by atoms with van der Waals surface area (Å²) in [5, 5.41) is 2.91. The minimum Gasteiger partial charge on any atom is -0.332 e. The van der Waals surface area contributed by atoms with Crippen LogP contribution < -0.4 is 11.1 Å². The van der Waals surface area contributed by atoms with E-state index in [2.05, 4.69) is 5.32 Å². The molecule has 0 spiro atoms. The summed E-state index contributed by atoms with van der Waals surface area (Å²) in [5.74, 6) is -0.433. The molecule has 2 aromatic rings. The number of nitrogens with one attached hydrogen (secondary N) is 1. The number of hydrogen-bond acceptors (Lipinski definition) is 3. The van der Waals surface area contributed by atoms with Gasteiger partial charge in [-0.05, 0) is 43.9 Å². The van der Waals surface area contributed by atoms with Crippen molar-refractivity contribution in [1.82, 2.24) is 4.90 Å². The van der Waals surface area contributed by atoms with Gasteiger partial charge in [0.25, 0.3) is 0 Å². The van der Waals surface area contributed by atoms with Gasteiger partial charge in [-0.1, -0.05) is 48.5 Å². The second-order valence-corrected chi connectivity index (χ2v) is 6.46. The molecule has 5 nitrogen and oxygen atoms in total. The molecule has 0 aliphatic rings. The number of aryl methyl sites for hydroxylation is 2. The third kappa shape index (κ3) is 6.38. The number of halogens is 1. The molecule has 1 atom stereocenters. The van der Waals surface area contributed by atoms with Crippen LogP contribution in [0.3, 0.4) is 0 Å². The van der Waals surface area contributed by atoms with Crippen LogP contribution >= 0.6 is 12.4 Å². The number of benzene rings is 2. The number of rotatable bonds is 7. The Labute approximate surface area is 167 Å². The minimum absolute atomic E-state index is 0. The molecule has 0 aromatic heterocycles. The molecule has 0 saturated carbocycles. The van der Waals surface area contributed by atoms with E-state index in [1.807, 2.05) is 69.3 Å². The van der Waals surface area contributed by atoms with E-state index in [1.54, 1.807) is 0 Å². The lowest BCUT2D eigenvalue weighted by atomic mass is 10.1. The Morgan fingerprint density at radius 2 is 1.63 bits per heavy atom. The van der Waals surface area contributed by atoms with Crippen molar-refractivity contribution in [3.63, 3.8) is 0 Å². The standard InChI is InChI=1S/C21H27N3O2.ClH/c1-4-24(21(26)18(22)13-17-11-6-5-7-12-17)14-19(25)23-20-15(2)9-8-10-16(20)3;/h5-12,18H,4,13-14,22H2,1-3H3,(H,23,25);1H/t18-;/m0./s1. The van der Waals surface area contributed by atoms with E-state index in [4.69, 9.17) is 5.73 Å². The van der Waals surface area contributed by atoms with Crippen molar-refractivity contribution < 1.29 is 9.59 Å². The van der Waals surface area contributed by atoms with Crippen LogP contribution in [-0.2, 0) is 16.0 Å². The van der Waals surface area contributed by atoms with E-state index < -0.39 is 6.04 Å². The first kappa shape index (κ1) is 22.7. The van der Waals surface area contributed by atoms with Crippen LogP contribution in [0.5, 0.6) is 0 Å². The van der Waals surface area contributed by atoms with Crippen LogP contribution in [0.15, 0.2) is 48.5 Å². The van der Waals surface area contributed by atoms with Gasteiger partial charge in [0.2, 0.25) is 11.8 Å². The highest BCUT2D eigenvalue weighted by Gasteiger charge is 2.22. The second kappa shape index (κ2) is 10.7. The van der Waals surface area contributed by atoms with Gasteiger partial charge in [0.15, 0.2) is 0 Å². The van der Waals surface area contributed by atoms with Gasteiger partial charge >= 0.3 is 0 Å². The molecule has 2 amide bonds. The highest BCUT2D eigenvalue weighted by molar-refractivity contribution is 5.96. The fourth-order valence-electron chi connectivity index (χ4n) is 2.90. The average molecular weight is 390 g/mol. The van der Waals surface area contributed by atoms with Crippen LogP contribution in [0.4, 0.5) is 5.69 Å². The molecule has 0 fully saturated rings. The molecule has 0 saturated heterocycles. The maximum absolute atomic E-state index is 12.6. The maximum Gasteiger partial charge on any atom is 0.244 e. The van der Waals surface area contributed by atoms with E-state index in [0.29, 0.717) is 13.0 Å². The highest BCUT2D eigenvalue weighted by Crippen LogP contribution is 2.19. The zero-order valence-corrected chi connectivity index (χ0v) is 16.9. The lowest BCUT2D eigenvalue weighted by Crippen LogP contribution is -2.47.